The Labute approximate surface area is 146 Å². The molecule has 0 aromatic carbocycles. The largest absolute Gasteiger partial charge is 0.495 e. The molecule has 0 aliphatic rings. The fourth-order valence-electron chi connectivity index (χ4n) is 2.38. The zero-order valence-corrected chi connectivity index (χ0v) is 14.5. The van der Waals surface area contributed by atoms with Crippen LogP contribution in [0, 0.1) is 6.92 Å². The molecular weight excluding hydrogens is 316 g/mol. The highest BCUT2D eigenvalue weighted by molar-refractivity contribution is 5.70. The summed E-state index contributed by atoms with van der Waals surface area (Å²) >= 11 is 0. The molecule has 0 amide bonds. The minimum Gasteiger partial charge on any atom is -0.495 e. The van der Waals surface area contributed by atoms with Crippen molar-refractivity contribution in [2.45, 2.75) is 13.8 Å². The first-order chi connectivity index (χ1) is 12.2. The van der Waals surface area contributed by atoms with Crippen molar-refractivity contribution in [3.63, 3.8) is 0 Å². The van der Waals surface area contributed by atoms with Crippen molar-refractivity contribution >= 4 is 11.6 Å². The summed E-state index contributed by atoms with van der Waals surface area (Å²) in [6, 6.07) is 9.63. The number of hydrogen-bond acceptors (Lipinski definition) is 6. The summed E-state index contributed by atoms with van der Waals surface area (Å²) in [6.45, 7) is 4.42. The Morgan fingerprint density at radius 1 is 1.08 bits per heavy atom. The number of nitrogens with zero attached hydrogens (tertiary/aromatic N) is 3. The van der Waals surface area contributed by atoms with Crippen molar-refractivity contribution in [2.75, 3.05) is 19.0 Å². The molecule has 0 fully saturated rings. The van der Waals surface area contributed by atoms with Gasteiger partial charge in [0.2, 0.25) is 0 Å². The van der Waals surface area contributed by atoms with Gasteiger partial charge in [0, 0.05) is 29.2 Å². The predicted octanol–water partition coefficient (Wildman–Crippen LogP) is 4.00. The van der Waals surface area contributed by atoms with Crippen molar-refractivity contribution in [1.82, 2.24) is 15.0 Å². The predicted molar refractivity (Wildman–Crippen MR) is 97.4 cm³/mol. The molecule has 0 saturated carbocycles. The van der Waals surface area contributed by atoms with E-state index in [0.717, 1.165) is 22.6 Å². The number of hydrogen-bond donors (Lipinski definition) is 1. The topological polar surface area (TPSA) is 69.2 Å². The van der Waals surface area contributed by atoms with Gasteiger partial charge < -0.3 is 14.8 Å². The smallest absolute Gasteiger partial charge is 0.174 e. The van der Waals surface area contributed by atoms with Crippen LogP contribution in [0.15, 0.2) is 48.9 Å². The van der Waals surface area contributed by atoms with E-state index in [1.165, 1.54) is 0 Å². The minimum absolute atomic E-state index is 0.539. The lowest BCUT2D eigenvalue weighted by Crippen LogP contribution is -2.02. The monoisotopic (exact) mass is 336 g/mol. The number of methoxy groups -OCH3 is 1. The third-order valence-corrected chi connectivity index (χ3v) is 3.57. The summed E-state index contributed by atoms with van der Waals surface area (Å²) < 4.78 is 11.0. The maximum Gasteiger partial charge on any atom is 0.174 e. The molecule has 0 aliphatic carbocycles. The zero-order valence-electron chi connectivity index (χ0n) is 14.5. The third kappa shape index (κ3) is 4.03. The number of rotatable bonds is 6. The quantitative estimate of drug-likeness (QED) is 0.734. The molecule has 0 spiro atoms. The second kappa shape index (κ2) is 7.61. The van der Waals surface area contributed by atoms with Crippen LogP contribution < -0.4 is 14.8 Å². The molecule has 0 unspecified atom stereocenters. The fraction of sp³-hybridized carbons (Fsp3) is 0.211. The van der Waals surface area contributed by atoms with Crippen LogP contribution in [0.3, 0.4) is 0 Å². The molecule has 25 heavy (non-hydrogen) atoms. The number of aryl methyl sites for hydroxylation is 1. The van der Waals surface area contributed by atoms with Crippen molar-refractivity contribution in [1.29, 1.82) is 0 Å². The maximum absolute atomic E-state index is 5.75. The summed E-state index contributed by atoms with van der Waals surface area (Å²) in [5.41, 5.74) is 2.74. The molecule has 3 rings (SSSR count). The summed E-state index contributed by atoms with van der Waals surface area (Å²) in [4.78, 5) is 13.1. The highest BCUT2D eigenvalue weighted by Crippen LogP contribution is 2.31. The van der Waals surface area contributed by atoms with Crippen molar-refractivity contribution in [3.05, 3.63) is 54.6 Å². The number of aromatic nitrogens is 3. The van der Waals surface area contributed by atoms with Crippen LogP contribution in [0.2, 0.25) is 0 Å². The van der Waals surface area contributed by atoms with Gasteiger partial charge in [-0.05, 0) is 38.1 Å². The van der Waals surface area contributed by atoms with Gasteiger partial charge in [-0.25, -0.2) is 9.97 Å². The summed E-state index contributed by atoms with van der Waals surface area (Å²) in [6.07, 6.45) is 5.21. The van der Waals surface area contributed by atoms with E-state index in [2.05, 4.69) is 20.3 Å². The normalized spacial score (nSPS) is 10.4. The molecule has 0 radical (unpaired) electrons. The molecule has 3 aromatic rings. The summed E-state index contributed by atoms with van der Waals surface area (Å²) in [7, 11) is 1.62. The van der Waals surface area contributed by atoms with Gasteiger partial charge in [-0.3, -0.25) is 4.98 Å². The molecule has 6 heteroatoms. The zero-order chi connectivity index (χ0) is 17.6. The Morgan fingerprint density at radius 3 is 2.68 bits per heavy atom. The van der Waals surface area contributed by atoms with E-state index in [0.29, 0.717) is 23.9 Å². The van der Waals surface area contributed by atoms with E-state index >= 15 is 0 Å². The van der Waals surface area contributed by atoms with Crippen molar-refractivity contribution in [2.24, 2.45) is 0 Å². The van der Waals surface area contributed by atoms with Crippen LogP contribution in [0.1, 0.15) is 12.6 Å². The average molecular weight is 336 g/mol. The van der Waals surface area contributed by atoms with E-state index in [1.54, 1.807) is 25.7 Å². The molecule has 128 valence electrons. The van der Waals surface area contributed by atoms with Gasteiger partial charge in [-0.2, -0.15) is 0 Å². The molecule has 0 atom stereocenters. The standard InChI is InChI=1S/C19H20N4O2/c1-4-25-17-9-15(14-8-16(24-3)12-20-10-14)11-21-19(17)23-18-7-5-6-13(2)22-18/h5-12H,4H2,1-3H3,(H,21,22,23). The highest BCUT2D eigenvalue weighted by Gasteiger charge is 2.10. The van der Waals surface area contributed by atoms with Crippen molar-refractivity contribution < 1.29 is 9.47 Å². The van der Waals surface area contributed by atoms with Gasteiger partial charge in [0.25, 0.3) is 0 Å². The van der Waals surface area contributed by atoms with Crippen LogP contribution in [0.5, 0.6) is 11.5 Å². The van der Waals surface area contributed by atoms with Gasteiger partial charge in [-0.15, -0.1) is 0 Å². The Balaban J connectivity index is 1.94. The van der Waals surface area contributed by atoms with Gasteiger partial charge in [-0.1, -0.05) is 6.07 Å². The molecule has 3 heterocycles. The maximum atomic E-state index is 5.75. The molecule has 1 N–H and O–H groups in total. The Bertz CT molecular complexity index is 868. The van der Waals surface area contributed by atoms with E-state index in [-0.39, 0.29) is 0 Å². The molecule has 0 saturated heterocycles. The lowest BCUT2D eigenvalue weighted by molar-refractivity contribution is 0.341. The lowest BCUT2D eigenvalue weighted by atomic mass is 10.1. The molecule has 0 aliphatic heterocycles. The van der Waals surface area contributed by atoms with Crippen LogP contribution in [-0.2, 0) is 0 Å². The summed E-state index contributed by atoms with van der Waals surface area (Å²) in [5.74, 6) is 2.71. The average Bonchev–Trinajstić information content (AvgIpc) is 2.63. The van der Waals surface area contributed by atoms with E-state index in [1.807, 2.05) is 44.2 Å². The van der Waals surface area contributed by atoms with Crippen LogP contribution in [-0.4, -0.2) is 28.7 Å². The van der Waals surface area contributed by atoms with Crippen LogP contribution >= 0.6 is 0 Å². The molecule has 6 nitrogen and oxygen atoms in total. The van der Waals surface area contributed by atoms with E-state index < -0.39 is 0 Å². The molecule has 3 aromatic heterocycles. The molecular formula is C19H20N4O2. The Kier molecular flexibility index (Phi) is 5.09. The number of pyridine rings is 3. The second-order valence-electron chi connectivity index (χ2n) is 5.41. The van der Waals surface area contributed by atoms with Gasteiger partial charge in [0.15, 0.2) is 11.6 Å². The third-order valence-electron chi connectivity index (χ3n) is 3.57. The Morgan fingerprint density at radius 2 is 1.92 bits per heavy atom. The van der Waals surface area contributed by atoms with Crippen LogP contribution in [0.25, 0.3) is 11.1 Å². The second-order valence-corrected chi connectivity index (χ2v) is 5.41. The first-order valence-corrected chi connectivity index (χ1v) is 8.02. The fourth-order valence-corrected chi connectivity index (χ4v) is 2.38. The van der Waals surface area contributed by atoms with E-state index in [9.17, 15) is 0 Å². The van der Waals surface area contributed by atoms with Crippen LogP contribution in [0.4, 0.5) is 11.6 Å². The number of ether oxygens (including phenoxy) is 2. The summed E-state index contributed by atoms with van der Waals surface area (Å²) in [5, 5.41) is 3.21. The van der Waals surface area contributed by atoms with Crippen molar-refractivity contribution in [3.8, 4) is 22.6 Å². The Hall–Kier alpha value is -3.15. The highest BCUT2D eigenvalue weighted by atomic mass is 16.5. The van der Waals surface area contributed by atoms with Gasteiger partial charge >= 0.3 is 0 Å². The SMILES string of the molecule is CCOc1cc(-c2cncc(OC)c2)cnc1Nc1cccc(C)n1. The first kappa shape index (κ1) is 16.7. The molecule has 0 bridgehead atoms. The van der Waals surface area contributed by atoms with Gasteiger partial charge in [0.05, 0.1) is 19.9 Å². The first-order valence-electron chi connectivity index (χ1n) is 8.02. The van der Waals surface area contributed by atoms with Gasteiger partial charge in [0.1, 0.15) is 11.6 Å². The lowest BCUT2D eigenvalue weighted by Gasteiger charge is -2.13. The number of nitrogens with one attached hydrogen (secondary N) is 1. The van der Waals surface area contributed by atoms with E-state index in [4.69, 9.17) is 9.47 Å². The number of anilines is 2. The minimum atomic E-state index is 0.539.